The molecule has 0 unspecified atom stereocenters. The van der Waals surface area contributed by atoms with Crippen molar-refractivity contribution in [2.45, 2.75) is 115 Å². The fraction of sp³-hybridized carbons (Fsp3) is 0.595. The second-order valence-corrected chi connectivity index (χ2v) is 16.1. The summed E-state index contributed by atoms with van der Waals surface area (Å²) in [5.74, 6) is -3.71. The molecule has 54 heavy (non-hydrogen) atoms. The molecule has 2 N–H and O–H groups in total. The molecule has 0 radical (unpaired) electrons. The van der Waals surface area contributed by atoms with Gasteiger partial charge < -0.3 is 24.8 Å². The number of nitrogens with zero attached hydrogens (tertiary/aromatic N) is 2. The maximum Gasteiger partial charge on any atom is 0.328 e. The van der Waals surface area contributed by atoms with Crippen LogP contribution in [0.1, 0.15) is 95.4 Å². The van der Waals surface area contributed by atoms with Crippen LogP contribution in [-0.2, 0) is 37.3 Å². The van der Waals surface area contributed by atoms with Gasteiger partial charge in [-0.25, -0.2) is 18.0 Å². The SMILES string of the molecule is COCCc1c(CC2CCC(OC(C)C)CC2)c2cc(F)c(F)cc2n1C(=O)N1CCC(C(=O)N[C@H]2CC[C@H](C(=O)O)C[C@@H]2C)(c2ccc(F)cc2)CC1. The Morgan fingerprint density at radius 1 is 0.963 bits per heavy atom. The largest absolute Gasteiger partial charge is 0.481 e. The average Bonchev–Trinajstić information content (AvgIpc) is 3.42. The quantitative estimate of drug-likeness (QED) is 0.207. The molecule has 9 nitrogen and oxygen atoms in total. The monoisotopic (exact) mass is 753 g/mol. The van der Waals surface area contributed by atoms with E-state index in [-0.39, 0.29) is 68.0 Å². The Morgan fingerprint density at radius 2 is 1.63 bits per heavy atom. The van der Waals surface area contributed by atoms with E-state index in [9.17, 15) is 32.7 Å². The number of nitrogens with one attached hydrogen (secondary N) is 1. The number of methoxy groups -OCH3 is 1. The maximum atomic E-state index is 15.0. The van der Waals surface area contributed by atoms with E-state index in [1.165, 1.54) is 22.8 Å². The predicted molar refractivity (Wildman–Crippen MR) is 199 cm³/mol. The van der Waals surface area contributed by atoms with Crippen molar-refractivity contribution in [1.29, 1.82) is 0 Å². The predicted octanol–water partition coefficient (Wildman–Crippen LogP) is 7.78. The van der Waals surface area contributed by atoms with E-state index in [1.54, 1.807) is 24.1 Å². The molecule has 2 amide bonds. The molecule has 6 rings (SSSR count). The van der Waals surface area contributed by atoms with Crippen LogP contribution in [0.2, 0.25) is 0 Å². The molecule has 3 fully saturated rings. The highest BCUT2D eigenvalue weighted by Gasteiger charge is 2.46. The van der Waals surface area contributed by atoms with E-state index >= 15 is 0 Å². The zero-order valence-electron chi connectivity index (χ0n) is 31.8. The standard InChI is InChI=1S/C42H54F3N3O6/c1-25(2)54-31-12-5-27(6-13-31)22-32-33-23-34(44)35(45)24-38(33)48(37(32)15-20-53-4)41(52)47-18-16-42(17-19-47,29-8-10-30(43)11-9-29)40(51)46-36-14-7-28(39(49)50)21-26(36)3/h8-11,23-28,31,36H,5-7,12-22H2,1-4H3,(H,46,51)(H,49,50)/t26-,27?,28-,31?,36-/m0/s1. The maximum absolute atomic E-state index is 15.0. The van der Waals surface area contributed by atoms with Crippen LogP contribution in [0.25, 0.3) is 10.9 Å². The van der Waals surface area contributed by atoms with Gasteiger partial charge in [-0.3, -0.25) is 14.2 Å². The summed E-state index contributed by atoms with van der Waals surface area (Å²) in [6, 6.07) is 7.61. The normalized spacial score (nSPS) is 24.5. The number of aliphatic carboxylic acids is 1. The molecule has 3 aliphatic rings. The fourth-order valence-corrected chi connectivity index (χ4v) is 9.23. The smallest absolute Gasteiger partial charge is 0.328 e. The van der Waals surface area contributed by atoms with Crippen molar-refractivity contribution in [1.82, 2.24) is 14.8 Å². The summed E-state index contributed by atoms with van der Waals surface area (Å²) in [6.45, 7) is 6.69. The summed E-state index contributed by atoms with van der Waals surface area (Å²) in [5, 5.41) is 13.3. The molecule has 2 aliphatic carbocycles. The molecule has 3 atom stereocenters. The lowest BCUT2D eigenvalue weighted by molar-refractivity contribution is -0.143. The Hall–Kier alpha value is -3.90. The van der Waals surface area contributed by atoms with Gasteiger partial charge in [0, 0.05) is 49.8 Å². The van der Waals surface area contributed by atoms with E-state index in [2.05, 4.69) is 5.32 Å². The lowest BCUT2D eigenvalue weighted by Crippen LogP contribution is -2.56. The van der Waals surface area contributed by atoms with Crippen molar-refractivity contribution >= 4 is 28.8 Å². The highest BCUT2D eigenvalue weighted by molar-refractivity contribution is 5.96. The van der Waals surface area contributed by atoms with Gasteiger partial charge in [0.1, 0.15) is 5.82 Å². The van der Waals surface area contributed by atoms with E-state index in [4.69, 9.17) is 9.47 Å². The van der Waals surface area contributed by atoms with Gasteiger partial charge in [0.05, 0.1) is 35.7 Å². The van der Waals surface area contributed by atoms with Gasteiger partial charge in [-0.15, -0.1) is 0 Å². The third kappa shape index (κ3) is 8.34. The Labute approximate surface area is 315 Å². The Bertz CT molecular complexity index is 1810. The van der Waals surface area contributed by atoms with Gasteiger partial charge in [-0.05, 0) is 119 Å². The first-order valence-corrected chi connectivity index (χ1v) is 19.6. The summed E-state index contributed by atoms with van der Waals surface area (Å²) < 4.78 is 57.0. The zero-order valence-corrected chi connectivity index (χ0v) is 31.8. The van der Waals surface area contributed by atoms with E-state index < -0.39 is 34.8 Å². The number of carbonyl (C=O) groups excluding carboxylic acids is 2. The third-order valence-electron chi connectivity index (χ3n) is 12.3. The topological polar surface area (TPSA) is 110 Å². The molecule has 1 aromatic heterocycles. The highest BCUT2D eigenvalue weighted by Crippen LogP contribution is 2.40. The van der Waals surface area contributed by atoms with Crippen LogP contribution < -0.4 is 5.32 Å². The number of benzene rings is 2. The number of halogens is 3. The summed E-state index contributed by atoms with van der Waals surface area (Å²) in [6.07, 6.45) is 6.94. The van der Waals surface area contributed by atoms with Crippen LogP contribution in [0.3, 0.4) is 0 Å². The number of fused-ring (bicyclic) bond motifs is 1. The minimum Gasteiger partial charge on any atom is -0.481 e. The average molecular weight is 754 g/mol. The number of likely N-dealkylation sites (tertiary alicyclic amines) is 1. The van der Waals surface area contributed by atoms with Crippen LogP contribution >= 0.6 is 0 Å². The van der Waals surface area contributed by atoms with Crippen molar-refractivity contribution in [2.75, 3.05) is 26.8 Å². The van der Waals surface area contributed by atoms with Crippen LogP contribution in [-0.4, -0.2) is 77.5 Å². The molecule has 2 aromatic carbocycles. The Balaban J connectivity index is 1.28. The minimum atomic E-state index is -1.07. The highest BCUT2D eigenvalue weighted by atomic mass is 19.2. The minimum absolute atomic E-state index is 0.0499. The number of amides is 2. The zero-order chi connectivity index (χ0) is 38.7. The van der Waals surface area contributed by atoms with Crippen LogP contribution in [0, 0.1) is 35.2 Å². The van der Waals surface area contributed by atoms with Crippen molar-refractivity contribution in [3.8, 4) is 0 Å². The molecule has 1 aliphatic heterocycles. The molecule has 2 heterocycles. The van der Waals surface area contributed by atoms with Crippen LogP contribution in [0.4, 0.5) is 18.0 Å². The number of aromatic nitrogens is 1. The van der Waals surface area contributed by atoms with E-state index in [1.807, 2.05) is 20.8 Å². The summed E-state index contributed by atoms with van der Waals surface area (Å²) in [5.41, 5.74) is 1.37. The van der Waals surface area contributed by atoms with Crippen molar-refractivity contribution < 1.29 is 42.1 Å². The molecule has 294 valence electrons. The van der Waals surface area contributed by atoms with Crippen LogP contribution in [0.5, 0.6) is 0 Å². The number of ether oxygens (including phenoxy) is 2. The number of hydrogen-bond acceptors (Lipinski definition) is 5. The molecule has 3 aromatic rings. The fourth-order valence-electron chi connectivity index (χ4n) is 9.23. The Kier molecular flexibility index (Phi) is 12.4. The first-order valence-electron chi connectivity index (χ1n) is 19.6. The van der Waals surface area contributed by atoms with Gasteiger partial charge >= 0.3 is 12.0 Å². The van der Waals surface area contributed by atoms with Gasteiger partial charge in [-0.2, -0.15) is 0 Å². The molecule has 2 saturated carbocycles. The van der Waals surface area contributed by atoms with Crippen molar-refractivity contribution in [3.05, 3.63) is 70.7 Å². The third-order valence-corrected chi connectivity index (χ3v) is 12.3. The molecule has 0 bridgehead atoms. The van der Waals surface area contributed by atoms with E-state index in [0.717, 1.165) is 37.3 Å². The first kappa shape index (κ1) is 39.8. The molecular formula is C42H54F3N3O6. The molecular weight excluding hydrogens is 699 g/mol. The van der Waals surface area contributed by atoms with Gasteiger partial charge in [0.25, 0.3) is 0 Å². The number of carboxylic acids is 1. The van der Waals surface area contributed by atoms with Crippen molar-refractivity contribution in [2.24, 2.45) is 17.8 Å². The Morgan fingerprint density at radius 3 is 2.24 bits per heavy atom. The van der Waals surface area contributed by atoms with Gasteiger partial charge in [0.2, 0.25) is 5.91 Å². The molecule has 0 spiro atoms. The number of carboxylic acid groups (broad SMARTS) is 1. The summed E-state index contributed by atoms with van der Waals surface area (Å²) in [7, 11) is 1.58. The van der Waals surface area contributed by atoms with Gasteiger partial charge in [0.15, 0.2) is 11.6 Å². The first-order chi connectivity index (χ1) is 25.8. The van der Waals surface area contributed by atoms with Gasteiger partial charge in [-0.1, -0.05) is 19.1 Å². The number of piperidine rings is 1. The van der Waals surface area contributed by atoms with Crippen molar-refractivity contribution in [3.63, 3.8) is 0 Å². The van der Waals surface area contributed by atoms with Crippen LogP contribution in [0.15, 0.2) is 36.4 Å². The summed E-state index contributed by atoms with van der Waals surface area (Å²) in [4.78, 5) is 42.3. The second-order valence-electron chi connectivity index (χ2n) is 16.1. The number of carbonyl (C=O) groups is 3. The molecule has 12 heteroatoms. The number of rotatable bonds is 11. The second kappa shape index (κ2) is 16.9. The number of hydrogen-bond donors (Lipinski definition) is 2. The summed E-state index contributed by atoms with van der Waals surface area (Å²) >= 11 is 0. The van der Waals surface area contributed by atoms with E-state index in [0.29, 0.717) is 60.9 Å². The lowest BCUT2D eigenvalue weighted by atomic mass is 9.71. The lowest BCUT2D eigenvalue weighted by Gasteiger charge is -2.43. The molecule has 1 saturated heterocycles.